The Balaban J connectivity index is 2.06. The summed E-state index contributed by atoms with van der Waals surface area (Å²) in [6.07, 6.45) is 3.02. The molecule has 1 amide bonds. The highest BCUT2D eigenvalue weighted by Crippen LogP contribution is 2.16. The van der Waals surface area contributed by atoms with E-state index in [1.807, 2.05) is 24.3 Å². The van der Waals surface area contributed by atoms with Crippen LogP contribution in [0.4, 0.5) is 5.69 Å². The lowest BCUT2D eigenvalue weighted by atomic mass is 10.2. The van der Waals surface area contributed by atoms with Gasteiger partial charge in [-0.25, -0.2) is 0 Å². The van der Waals surface area contributed by atoms with Crippen molar-refractivity contribution in [2.75, 3.05) is 5.73 Å². The molecule has 2 aromatic rings. The maximum absolute atomic E-state index is 11.9. The molecule has 5 heteroatoms. The van der Waals surface area contributed by atoms with E-state index in [0.29, 0.717) is 17.8 Å². The Morgan fingerprint density at radius 3 is 2.83 bits per heavy atom. The van der Waals surface area contributed by atoms with Crippen LogP contribution in [0.1, 0.15) is 15.9 Å². The summed E-state index contributed by atoms with van der Waals surface area (Å²) in [5.74, 6) is -0.226. The van der Waals surface area contributed by atoms with Crippen LogP contribution in [-0.2, 0) is 6.54 Å². The second kappa shape index (κ2) is 5.64. The van der Waals surface area contributed by atoms with Crippen LogP contribution in [-0.4, -0.2) is 10.9 Å². The molecule has 3 N–H and O–H groups in total. The van der Waals surface area contributed by atoms with Crippen molar-refractivity contribution in [2.45, 2.75) is 6.54 Å². The Labute approximate surface area is 113 Å². The Hall–Kier alpha value is -1.88. The molecule has 18 heavy (non-hydrogen) atoms. The predicted octanol–water partition coefficient (Wildman–Crippen LogP) is 2.36. The van der Waals surface area contributed by atoms with Gasteiger partial charge in [-0.2, -0.15) is 0 Å². The van der Waals surface area contributed by atoms with E-state index >= 15 is 0 Å². The van der Waals surface area contributed by atoms with Gasteiger partial charge in [0.25, 0.3) is 5.91 Å². The number of halogens is 1. The monoisotopic (exact) mass is 305 g/mol. The van der Waals surface area contributed by atoms with E-state index in [4.69, 9.17) is 5.73 Å². The smallest absolute Gasteiger partial charge is 0.255 e. The molecule has 1 aromatic carbocycles. The summed E-state index contributed by atoms with van der Waals surface area (Å²) >= 11 is 3.43. The molecule has 0 aliphatic rings. The first-order valence-electron chi connectivity index (χ1n) is 5.39. The third-order valence-electron chi connectivity index (χ3n) is 2.50. The highest BCUT2D eigenvalue weighted by Gasteiger charge is 2.09. The van der Waals surface area contributed by atoms with Crippen LogP contribution in [0.5, 0.6) is 0 Å². The molecular formula is C13H12BrN3O. The molecule has 0 bridgehead atoms. The van der Waals surface area contributed by atoms with E-state index in [1.54, 1.807) is 12.3 Å². The minimum atomic E-state index is -0.226. The van der Waals surface area contributed by atoms with Gasteiger partial charge in [0.1, 0.15) is 0 Å². The Bertz CT molecular complexity index is 572. The van der Waals surface area contributed by atoms with Crippen molar-refractivity contribution in [3.63, 3.8) is 0 Å². The first-order valence-corrected chi connectivity index (χ1v) is 6.19. The fourth-order valence-corrected chi connectivity index (χ4v) is 1.93. The number of pyridine rings is 1. The van der Waals surface area contributed by atoms with Crippen LogP contribution in [0.25, 0.3) is 0 Å². The molecule has 92 valence electrons. The standard InChI is InChI=1S/C13H12BrN3O/c14-11-4-2-1-3-9(11)7-17-13(18)10-8-16-6-5-12(10)15/h1-6,8H,7H2,(H2,15,16)(H,17,18). The molecule has 0 saturated carbocycles. The largest absolute Gasteiger partial charge is 0.398 e. The van der Waals surface area contributed by atoms with Gasteiger partial charge < -0.3 is 11.1 Å². The van der Waals surface area contributed by atoms with Gasteiger partial charge in [-0.15, -0.1) is 0 Å². The maximum atomic E-state index is 11.9. The number of amides is 1. The molecule has 0 saturated heterocycles. The lowest BCUT2D eigenvalue weighted by molar-refractivity contribution is 0.0951. The number of rotatable bonds is 3. The fraction of sp³-hybridized carbons (Fsp3) is 0.0769. The summed E-state index contributed by atoms with van der Waals surface area (Å²) < 4.78 is 0.962. The van der Waals surface area contributed by atoms with Crippen molar-refractivity contribution < 1.29 is 4.79 Å². The van der Waals surface area contributed by atoms with Gasteiger partial charge in [0.2, 0.25) is 0 Å². The summed E-state index contributed by atoms with van der Waals surface area (Å²) in [4.78, 5) is 15.8. The van der Waals surface area contributed by atoms with Gasteiger partial charge in [0.15, 0.2) is 0 Å². The second-order valence-electron chi connectivity index (χ2n) is 3.74. The number of hydrogen-bond donors (Lipinski definition) is 2. The van der Waals surface area contributed by atoms with Gasteiger partial charge in [-0.1, -0.05) is 34.1 Å². The molecular weight excluding hydrogens is 294 g/mol. The number of benzene rings is 1. The number of hydrogen-bond acceptors (Lipinski definition) is 3. The van der Waals surface area contributed by atoms with E-state index in [2.05, 4.69) is 26.2 Å². The predicted molar refractivity (Wildman–Crippen MR) is 74.0 cm³/mol. The number of nitrogens with two attached hydrogens (primary N) is 1. The Morgan fingerprint density at radius 2 is 2.11 bits per heavy atom. The van der Waals surface area contributed by atoms with Gasteiger partial charge in [0.05, 0.1) is 5.56 Å². The van der Waals surface area contributed by atoms with Crippen molar-refractivity contribution in [2.24, 2.45) is 0 Å². The number of anilines is 1. The molecule has 1 heterocycles. The first kappa shape index (κ1) is 12.6. The number of carbonyl (C=O) groups excluding carboxylic acids is 1. The van der Waals surface area contributed by atoms with E-state index in [-0.39, 0.29) is 5.91 Å². The number of nitrogens with one attached hydrogen (secondary N) is 1. The second-order valence-corrected chi connectivity index (χ2v) is 4.59. The first-order chi connectivity index (χ1) is 8.68. The third-order valence-corrected chi connectivity index (χ3v) is 3.27. The molecule has 0 aliphatic carbocycles. The lowest BCUT2D eigenvalue weighted by Crippen LogP contribution is -2.24. The molecule has 1 aromatic heterocycles. The highest BCUT2D eigenvalue weighted by atomic mass is 79.9. The van der Waals surface area contributed by atoms with Crippen LogP contribution in [0.15, 0.2) is 47.2 Å². The maximum Gasteiger partial charge on any atom is 0.255 e. The van der Waals surface area contributed by atoms with E-state index in [9.17, 15) is 4.79 Å². The van der Waals surface area contributed by atoms with Gasteiger partial charge >= 0.3 is 0 Å². The Morgan fingerprint density at radius 1 is 1.33 bits per heavy atom. The average molecular weight is 306 g/mol. The third kappa shape index (κ3) is 2.87. The number of nitrogens with zero attached hydrogens (tertiary/aromatic N) is 1. The van der Waals surface area contributed by atoms with Crippen LogP contribution in [0.3, 0.4) is 0 Å². The van der Waals surface area contributed by atoms with E-state index in [0.717, 1.165) is 10.0 Å². The molecule has 0 aliphatic heterocycles. The van der Waals surface area contributed by atoms with Crippen molar-refractivity contribution in [3.05, 3.63) is 58.3 Å². The van der Waals surface area contributed by atoms with Gasteiger partial charge in [-0.3, -0.25) is 9.78 Å². The van der Waals surface area contributed by atoms with Crippen LogP contribution in [0, 0.1) is 0 Å². The van der Waals surface area contributed by atoms with Crippen LogP contribution in [0.2, 0.25) is 0 Å². The van der Waals surface area contributed by atoms with Crippen LogP contribution >= 0.6 is 15.9 Å². The normalized spacial score (nSPS) is 10.1. The molecule has 0 spiro atoms. The molecule has 0 atom stereocenters. The number of aromatic nitrogens is 1. The Kier molecular flexibility index (Phi) is 3.94. The van der Waals surface area contributed by atoms with Crippen molar-refractivity contribution in [1.29, 1.82) is 0 Å². The zero-order valence-corrected chi connectivity index (χ0v) is 11.1. The topological polar surface area (TPSA) is 68.0 Å². The van der Waals surface area contributed by atoms with Crippen LogP contribution < -0.4 is 11.1 Å². The lowest BCUT2D eigenvalue weighted by Gasteiger charge is -2.08. The molecule has 0 radical (unpaired) electrons. The highest BCUT2D eigenvalue weighted by molar-refractivity contribution is 9.10. The summed E-state index contributed by atoms with van der Waals surface area (Å²) in [7, 11) is 0. The summed E-state index contributed by atoms with van der Waals surface area (Å²) in [6.45, 7) is 0.439. The number of nitrogen functional groups attached to an aromatic ring is 1. The fourth-order valence-electron chi connectivity index (χ4n) is 1.51. The van der Waals surface area contributed by atoms with Crippen molar-refractivity contribution >= 4 is 27.5 Å². The quantitative estimate of drug-likeness (QED) is 0.914. The SMILES string of the molecule is Nc1ccncc1C(=O)NCc1ccccc1Br. The molecule has 2 rings (SSSR count). The molecule has 0 fully saturated rings. The average Bonchev–Trinajstić information content (AvgIpc) is 2.38. The van der Waals surface area contributed by atoms with Gasteiger partial charge in [0, 0.05) is 29.1 Å². The van der Waals surface area contributed by atoms with E-state index in [1.165, 1.54) is 6.20 Å². The van der Waals surface area contributed by atoms with Gasteiger partial charge in [-0.05, 0) is 17.7 Å². The summed E-state index contributed by atoms with van der Waals surface area (Å²) in [6, 6.07) is 9.32. The molecule has 0 unspecified atom stereocenters. The summed E-state index contributed by atoms with van der Waals surface area (Å²) in [5, 5.41) is 2.81. The minimum Gasteiger partial charge on any atom is -0.398 e. The number of carbonyl (C=O) groups is 1. The van der Waals surface area contributed by atoms with Crippen molar-refractivity contribution in [3.8, 4) is 0 Å². The summed E-state index contributed by atoms with van der Waals surface area (Å²) in [5.41, 5.74) is 7.54. The minimum absolute atomic E-state index is 0.226. The zero-order valence-electron chi connectivity index (χ0n) is 9.56. The molecule has 4 nitrogen and oxygen atoms in total. The van der Waals surface area contributed by atoms with Crippen molar-refractivity contribution in [1.82, 2.24) is 10.3 Å². The van der Waals surface area contributed by atoms with E-state index < -0.39 is 0 Å². The zero-order chi connectivity index (χ0) is 13.0.